The van der Waals surface area contributed by atoms with Gasteiger partial charge in [-0.05, 0) is 18.2 Å². The maximum atomic E-state index is 13.0. The van der Waals surface area contributed by atoms with Gasteiger partial charge in [0.25, 0.3) is 5.91 Å². The molecule has 1 atom stereocenters. The molecule has 1 unspecified atom stereocenters. The van der Waals surface area contributed by atoms with Crippen molar-refractivity contribution in [3.05, 3.63) is 35.6 Å². The molecule has 0 spiro atoms. The normalized spacial score (nSPS) is 19.1. The van der Waals surface area contributed by atoms with Gasteiger partial charge < -0.3 is 10.0 Å². The van der Waals surface area contributed by atoms with Gasteiger partial charge in [-0.15, -0.1) is 0 Å². The van der Waals surface area contributed by atoms with Crippen molar-refractivity contribution in [1.82, 2.24) is 4.90 Å². The van der Waals surface area contributed by atoms with Crippen molar-refractivity contribution in [2.45, 2.75) is 12.5 Å². The Labute approximate surface area is 102 Å². The second kappa shape index (κ2) is 4.56. The highest BCUT2D eigenvalue weighted by atomic mass is 19.1. The molecule has 0 saturated carbocycles. The molecular formula is C12H10FNO4. The van der Waals surface area contributed by atoms with Crippen LogP contribution in [0.5, 0.6) is 0 Å². The predicted octanol–water partition coefficient (Wildman–Crippen LogP) is 0.694. The molecule has 6 heteroatoms. The number of carboxylic acid groups (broad SMARTS) is 1. The Hall–Kier alpha value is -2.24. The monoisotopic (exact) mass is 251 g/mol. The second-order valence-corrected chi connectivity index (χ2v) is 4.04. The number of aliphatic carboxylic acids is 1. The minimum Gasteiger partial charge on any atom is -0.480 e. The number of halogens is 1. The van der Waals surface area contributed by atoms with Crippen LogP contribution in [0, 0.1) is 5.82 Å². The molecule has 2 rings (SSSR count). The molecule has 1 heterocycles. The Balaban J connectivity index is 2.28. The Bertz CT molecular complexity index is 529. The first-order valence-corrected chi connectivity index (χ1v) is 5.30. The van der Waals surface area contributed by atoms with Crippen LogP contribution in [0.1, 0.15) is 16.8 Å². The van der Waals surface area contributed by atoms with Gasteiger partial charge in [0.1, 0.15) is 11.9 Å². The van der Waals surface area contributed by atoms with Crippen LogP contribution in [0.4, 0.5) is 4.39 Å². The number of rotatable bonds is 2. The van der Waals surface area contributed by atoms with Gasteiger partial charge in [0, 0.05) is 12.0 Å². The van der Waals surface area contributed by atoms with Crippen molar-refractivity contribution in [3.8, 4) is 0 Å². The maximum Gasteiger partial charge on any atom is 0.326 e. The van der Waals surface area contributed by atoms with E-state index < -0.39 is 23.7 Å². The van der Waals surface area contributed by atoms with E-state index in [4.69, 9.17) is 5.11 Å². The summed E-state index contributed by atoms with van der Waals surface area (Å²) < 4.78 is 13.0. The van der Waals surface area contributed by atoms with Crippen LogP contribution in [-0.2, 0) is 9.59 Å². The van der Waals surface area contributed by atoms with E-state index in [2.05, 4.69) is 0 Å². The van der Waals surface area contributed by atoms with Gasteiger partial charge in [-0.3, -0.25) is 9.59 Å². The van der Waals surface area contributed by atoms with Crippen molar-refractivity contribution in [2.24, 2.45) is 0 Å². The van der Waals surface area contributed by atoms with E-state index >= 15 is 0 Å². The Morgan fingerprint density at radius 1 is 1.39 bits per heavy atom. The number of nitrogens with zero attached hydrogens (tertiary/aromatic N) is 1. The van der Waals surface area contributed by atoms with Gasteiger partial charge >= 0.3 is 5.97 Å². The number of carbonyl (C=O) groups excluding carboxylic acids is 2. The summed E-state index contributed by atoms with van der Waals surface area (Å²) in [5.74, 6) is -2.77. The van der Waals surface area contributed by atoms with Crippen molar-refractivity contribution < 1.29 is 23.9 Å². The zero-order valence-corrected chi connectivity index (χ0v) is 9.30. The molecule has 0 radical (unpaired) electrons. The molecule has 0 aromatic heterocycles. The minimum absolute atomic E-state index is 0.0379. The topological polar surface area (TPSA) is 74.7 Å². The summed E-state index contributed by atoms with van der Waals surface area (Å²) in [5.41, 5.74) is 0.0379. The van der Waals surface area contributed by atoms with Crippen LogP contribution in [-0.4, -0.2) is 40.3 Å². The first-order chi connectivity index (χ1) is 8.49. The zero-order chi connectivity index (χ0) is 13.3. The summed E-state index contributed by atoms with van der Waals surface area (Å²) in [5, 5.41) is 8.93. The molecule has 1 N–H and O–H groups in total. The fraction of sp³-hybridized carbons (Fsp3) is 0.250. The third kappa shape index (κ3) is 2.22. The molecule has 18 heavy (non-hydrogen) atoms. The summed E-state index contributed by atoms with van der Waals surface area (Å²) in [6, 6.07) is 3.78. The summed E-state index contributed by atoms with van der Waals surface area (Å²) in [6.07, 6.45) is -0.198. The number of likely N-dealkylation sites (tertiary alicyclic amines) is 1. The summed E-state index contributed by atoms with van der Waals surface area (Å²) in [7, 11) is 0. The SMILES string of the molecule is O=C1CC(C(=O)O)N(C(=O)c2cccc(F)c2)C1. The van der Waals surface area contributed by atoms with E-state index in [-0.39, 0.29) is 24.3 Å². The molecule has 1 fully saturated rings. The number of Topliss-reactive ketones (excluding diaryl/α,β-unsaturated/α-hetero) is 1. The average molecular weight is 251 g/mol. The Kier molecular flexibility index (Phi) is 3.10. The highest BCUT2D eigenvalue weighted by molar-refractivity contribution is 6.02. The van der Waals surface area contributed by atoms with Gasteiger partial charge in [0.15, 0.2) is 5.78 Å². The molecule has 1 aromatic carbocycles. The first-order valence-electron chi connectivity index (χ1n) is 5.30. The lowest BCUT2D eigenvalue weighted by Crippen LogP contribution is -2.40. The van der Waals surface area contributed by atoms with E-state index in [1.54, 1.807) is 0 Å². The molecule has 5 nitrogen and oxygen atoms in total. The van der Waals surface area contributed by atoms with E-state index in [0.717, 1.165) is 11.0 Å². The van der Waals surface area contributed by atoms with Crippen LogP contribution in [0.3, 0.4) is 0 Å². The fourth-order valence-electron chi connectivity index (χ4n) is 1.91. The highest BCUT2D eigenvalue weighted by Gasteiger charge is 2.39. The number of carboxylic acids is 1. The molecule has 0 bridgehead atoms. The number of benzene rings is 1. The lowest BCUT2D eigenvalue weighted by Gasteiger charge is -2.20. The van der Waals surface area contributed by atoms with E-state index in [1.807, 2.05) is 0 Å². The van der Waals surface area contributed by atoms with E-state index in [1.165, 1.54) is 18.2 Å². The third-order valence-corrected chi connectivity index (χ3v) is 2.76. The van der Waals surface area contributed by atoms with Crippen molar-refractivity contribution >= 4 is 17.7 Å². The number of hydrogen-bond acceptors (Lipinski definition) is 3. The van der Waals surface area contributed by atoms with Gasteiger partial charge in [0.05, 0.1) is 6.54 Å². The molecule has 1 aromatic rings. The van der Waals surface area contributed by atoms with Gasteiger partial charge in [-0.1, -0.05) is 6.07 Å². The van der Waals surface area contributed by atoms with Crippen LogP contribution in [0.15, 0.2) is 24.3 Å². The minimum atomic E-state index is -1.23. The standard InChI is InChI=1S/C12H10FNO4/c13-8-3-1-2-7(4-8)11(16)14-6-9(15)5-10(14)12(17)18/h1-4,10H,5-6H2,(H,17,18). The summed E-state index contributed by atoms with van der Waals surface area (Å²) >= 11 is 0. The molecule has 1 aliphatic heterocycles. The van der Waals surface area contributed by atoms with Crippen LogP contribution >= 0.6 is 0 Å². The fourth-order valence-corrected chi connectivity index (χ4v) is 1.91. The number of amides is 1. The summed E-state index contributed by atoms with van der Waals surface area (Å²) in [6.45, 7) is -0.244. The Morgan fingerprint density at radius 2 is 2.11 bits per heavy atom. The van der Waals surface area contributed by atoms with Crippen molar-refractivity contribution in [2.75, 3.05) is 6.54 Å². The molecule has 1 saturated heterocycles. The lowest BCUT2D eigenvalue weighted by molar-refractivity contribution is -0.141. The number of hydrogen-bond donors (Lipinski definition) is 1. The molecule has 1 amide bonds. The average Bonchev–Trinajstić information content (AvgIpc) is 2.70. The number of ketones is 1. The van der Waals surface area contributed by atoms with Crippen molar-refractivity contribution in [3.63, 3.8) is 0 Å². The van der Waals surface area contributed by atoms with Crippen LogP contribution < -0.4 is 0 Å². The quantitative estimate of drug-likeness (QED) is 0.839. The summed E-state index contributed by atoms with van der Waals surface area (Å²) in [4.78, 5) is 35.1. The molecule has 94 valence electrons. The molecular weight excluding hydrogens is 241 g/mol. The third-order valence-electron chi connectivity index (χ3n) is 2.76. The van der Waals surface area contributed by atoms with Gasteiger partial charge in [0.2, 0.25) is 0 Å². The number of carbonyl (C=O) groups is 3. The maximum absolute atomic E-state index is 13.0. The predicted molar refractivity (Wildman–Crippen MR) is 58.5 cm³/mol. The highest BCUT2D eigenvalue weighted by Crippen LogP contribution is 2.18. The van der Waals surface area contributed by atoms with Gasteiger partial charge in [-0.25, -0.2) is 9.18 Å². The first kappa shape index (κ1) is 12.2. The van der Waals surface area contributed by atoms with Crippen LogP contribution in [0.2, 0.25) is 0 Å². The van der Waals surface area contributed by atoms with E-state index in [0.29, 0.717) is 0 Å². The zero-order valence-electron chi connectivity index (χ0n) is 9.30. The lowest BCUT2D eigenvalue weighted by atomic mass is 10.1. The van der Waals surface area contributed by atoms with Gasteiger partial charge in [-0.2, -0.15) is 0 Å². The smallest absolute Gasteiger partial charge is 0.326 e. The second-order valence-electron chi connectivity index (χ2n) is 4.04. The molecule has 0 aliphatic carbocycles. The largest absolute Gasteiger partial charge is 0.480 e. The van der Waals surface area contributed by atoms with E-state index in [9.17, 15) is 18.8 Å². The van der Waals surface area contributed by atoms with Crippen molar-refractivity contribution in [1.29, 1.82) is 0 Å². The van der Waals surface area contributed by atoms with Crippen LogP contribution in [0.25, 0.3) is 0 Å². The Morgan fingerprint density at radius 3 is 2.72 bits per heavy atom. The molecule has 1 aliphatic rings.